The maximum Gasteiger partial charge on any atom is 0.165 e. The fourth-order valence-electron chi connectivity index (χ4n) is 3.64. The Balaban J connectivity index is 2.01. The molecule has 0 unspecified atom stereocenters. The molecule has 5 nitrogen and oxygen atoms in total. The van der Waals surface area contributed by atoms with Gasteiger partial charge >= 0.3 is 0 Å². The lowest BCUT2D eigenvalue weighted by molar-refractivity contribution is 0.376. The molecular formula is C23H20O5. The summed E-state index contributed by atoms with van der Waals surface area (Å²) in [6, 6.07) is 15.8. The Hall–Kier alpha value is -3.60. The third kappa shape index (κ3) is 2.81. The molecule has 0 aliphatic carbocycles. The lowest BCUT2D eigenvalue weighted by atomic mass is 9.93. The highest BCUT2D eigenvalue weighted by molar-refractivity contribution is 6.14. The summed E-state index contributed by atoms with van der Waals surface area (Å²) in [7, 11) is 3.06. The predicted molar refractivity (Wildman–Crippen MR) is 109 cm³/mol. The largest absolute Gasteiger partial charge is 0.508 e. The molecule has 4 aromatic carbocycles. The van der Waals surface area contributed by atoms with Crippen molar-refractivity contribution in [2.75, 3.05) is 14.2 Å². The molecule has 28 heavy (non-hydrogen) atoms. The molecule has 0 saturated heterocycles. The van der Waals surface area contributed by atoms with Gasteiger partial charge in [0.15, 0.2) is 11.5 Å². The predicted octanol–water partition coefficient (Wildman–Crippen LogP) is 4.72. The number of methoxy groups -OCH3 is 2. The second-order valence-electron chi connectivity index (χ2n) is 6.62. The van der Waals surface area contributed by atoms with E-state index in [0.717, 1.165) is 27.3 Å². The number of ether oxygens (including phenoxy) is 2. The molecule has 0 fully saturated rings. The summed E-state index contributed by atoms with van der Waals surface area (Å²) < 4.78 is 10.7. The fraction of sp³-hybridized carbons (Fsp3) is 0.130. The van der Waals surface area contributed by atoms with Gasteiger partial charge in [-0.15, -0.1) is 0 Å². The summed E-state index contributed by atoms with van der Waals surface area (Å²) >= 11 is 0. The first kappa shape index (κ1) is 17.8. The van der Waals surface area contributed by atoms with Crippen LogP contribution in [0, 0.1) is 0 Å². The minimum Gasteiger partial charge on any atom is -0.508 e. The van der Waals surface area contributed by atoms with Crippen molar-refractivity contribution in [1.29, 1.82) is 0 Å². The van der Waals surface area contributed by atoms with Crippen LogP contribution in [0.1, 0.15) is 11.1 Å². The minimum atomic E-state index is 0.0668. The van der Waals surface area contributed by atoms with Gasteiger partial charge < -0.3 is 24.8 Å². The van der Waals surface area contributed by atoms with Crippen molar-refractivity contribution in [3.05, 3.63) is 65.7 Å². The van der Waals surface area contributed by atoms with Gasteiger partial charge in [0.2, 0.25) is 0 Å². The minimum absolute atomic E-state index is 0.0668. The van der Waals surface area contributed by atoms with Crippen LogP contribution in [0.5, 0.6) is 28.7 Å². The number of fused-ring (bicyclic) bond motifs is 3. The summed E-state index contributed by atoms with van der Waals surface area (Å²) in [5, 5.41) is 33.8. The van der Waals surface area contributed by atoms with Crippen molar-refractivity contribution in [2.45, 2.75) is 6.42 Å². The third-order valence-corrected chi connectivity index (χ3v) is 5.04. The van der Waals surface area contributed by atoms with Gasteiger partial charge in [-0.1, -0.05) is 18.2 Å². The van der Waals surface area contributed by atoms with E-state index < -0.39 is 0 Å². The second kappa shape index (κ2) is 6.85. The van der Waals surface area contributed by atoms with E-state index in [9.17, 15) is 15.3 Å². The number of hydrogen-bond donors (Lipinski definition) is 3. The van der Waals surface area contributed by atoms with Crippen LogP contribution in [0.2, 0.25) is 0 Å². The van der Waals surface area contributed by atoms with Crippen LogP contribution in [0.15, 0.2) is 54.6 Å². The highest BCUT2D eigenvalue weighted by atomic mass is 16.5. The van der Waals surface area contributed by atoms with Gasteiger partial charge in [0, 0.05) is 28.8 Å². The summed E-state index contributed by atoms with van der Waals surface area (Å²) in [6.07, 6.45) is 0.486. The van der Waals surface area contributed by atoms with Gasteiger partial charge in [0.05, 0.1) is 14.2 Å². The molecular weight excluding hydrogens is 356 g/mol. The molecule has 0 aliphatic rings. The second-order valence-corrected chi connectivity index (χ2v) is 6.62. The van der Waals surface area contributed by atoms with E-state index in [2.05, 4.69) is 0 Å². The Bertz CT molecular complexity index is 1180. The van der Waals surface area contributed by atoms with Crippen molar-refractivity contribution in [1.82, 2.24) is 0 Å². The molecule has 0 amide bonds. The first-order valence-electron chi connectivity index (χ1n) is 8.82. The van der Waals surface area contributed by atoms with E-state index in [1.54, 1.807) is 31.4 Å². The van der Waals surface area contributed by atoms with Crippen LogP contribution in [0.4, 0.5) is 0 Å². The summed E-state index contributed by atoms with van der Waals surface area (Å²) in [5.41, 5.74) is 1.70. The van der Waals surface area contributed by atoms with E-state index in [0.29, 0.717) is 23.3 Å². The topological polar surface area (TPSA) is 79.2 Å². The van der Waals surface area contributed by atoms with Crippen LogP contribution in [0.25, 0.3) is 21.5 Å². The first-order chi connectivity index (χ1) is 13.5. The number of phenolic OH excluding ortho intramolecular Hbond substituents is 3. The van der Waals surface area contributed by atoms with E-state index >= 15 is 0 Å². The van der Waals surface area contributed by atoms with Gasteiger partial charge in [-0.05, 0) is 46.7 Å². The monoisotopic (exact) mass is 376 g/mol. The molecule has 0 saturated carbocycles. The Kier molecular flexibility index (Phi) is 4.35. The van der Waals surface area contributed by atoms with Crippen molar-refractivity contribution >= 4 is 21.5 Å². The molecule has 3 N–H and O–H groups in total. The Morgan fingerprint density at radius 2 is 1.36 bits per heavy atom. The zero-order chi connectivity index (χ0) is 19.8. The molecule has 0 bridgehead atoms. The summed E-state index contributed by atoms with van der Waals surface area (Å²) in [4.78, 5) is 0. The Morgan fingerprint density at radius 1 is 0.714 bits per heavy atom. The molecule has 4 aromatic rings. The molecule has 0 radical (unpaired) electrons. The molecule has 0 aromatic heterocycles. The maximum atomic E-state index is 10.6. The van der Waals surface area contributed by atoms with Gasteiger partial charge in [-0.25, -0.2) is 0 Å². The Labute approximate surface area is 162 Å². The van der Waals surface area contributed by atoms with Gasteiger partial charge in [0.1, 0.15) is 17.2 Å². The molecule has 0 spiro atoms. The molecule has 0 aliphatic heterocycles. The van der Waals surface area contributed by atoms with E-state index in [-0.39, 0.29) is 17.2 Å². The quantitative estimate of drug-likeness (QED) is 0.449. The van der Waals surface area contributed by atoms with Gasteiger partial charge in [-0.3, -0.25) is 0 Å². The van der Waals surface area contributed by atoms with Gasteiger partial charge in [-0.2, -0.15) is 0 Å². The SMILES string of the molecule is COc1ccc2c(ccc3c(Cc4ccc(O)cc4)c(O)cc(OC)c32)c1O. The lowest BCUT2D eigenvalue weighted by Crippen LogP contribution is -1.95. The van der Waals surface area contributed by atoms with Crippen molar-refractivity contribution in [2.24, 2.45) is 0 Å². The number of benzene rings is 4. The van der Waals surface area contributed by atoms with Crippen LogP contribution in [0.3, 0.4) is 0 Å². The van der Waals surface area contributed by atoms with Gasteiger partial charge in [0.25, 0.3) is 0 Å². The van der Waals surface area contributed by atoms with E-state index in [1.165, 1.54) is 7.11 Å². The maximum absolute atomic E-state index is 10.6. The van der Waals surface area contributed by atoms with Crippen LogP contribution in [-0.2, 0) is 6.42 Å². The van der Waals surface area contributed by atoms with Crippen LogP contribution < -0.4 is 9.47 Å². The van der Waals surface area contributed by atoms with Crippen molar-refractivity contribution in [3.8, 4) is 28.7 Å². The fourth-order valence-corrected chi connectivity index (χ4v) is 3.64. The van der Waals surface area contributed by atoms with Crippen molar-refractivity contribution < 1.29 is 24.8 Å². The number of aromatic hydroxyl groups is 3. The standard InChI is InChI=1S/C23H20O5/c1-27-20-10-9-15-17(23(20)26)8-7-16-18(11-13-3-5-14(24)6-4-13)19(25)12-21(28-2)22(15)16/h3-10,12,24-26H,11H2,1-2H3. The number of phenols is 3. The highest BCUT2D eigenvalue weighted by Gasteiger charge is 2.17. The van der Waals surface area contributed by atoms with Crippen LogP contribution >= 0.6 is 0 Å². The Morgan fingerprint density at radius 3 is 2.04 bits per heavy atom. The van der Waals surface area contributed by atoms with Crippen molar-refractivity contribution in [3.63, 3.8) is 0 Å². The van der Waals surface area contributed by atoms with Crippen LogP contribution in [-0.4, -0.2) is 29.5 Å². The first-order valence-corrected chi connectivity index (χ1v) is 8.82. The molecule has 5 heteroatoms. The highest BCUT2D eigenvalue weighted by Crippen LogP contribution is 2.44. The molecule has 4 rings (SSSR count). The smallest absolute Gasteiger partial charge is 0.165 e. The lowest BCUT2D eigenvalue weighted by Gasteiger charge is -2.16. The third-order valence-electron chi connectivity index (χ3n) is 5.04. The zero-order valence-electron chi connectivity index (χ0n) is 15.6. The summed E-state index contributed by atoms with van der Waals surface area (Å²) in [5.74, 6) is 1.32. The average Bonchev–Trinajstić information content (AvgIpc) is 2.71. The molecule has 0 atom stereocenters. The van der Waals surface area contributed by atoms with E-state index in [1.807, 2.05) is 30.3 Å². The number of rotatable bonds is 4. The van der Waals surface area contributed by atoms with E-state index in [4.69, 9.17) is 9.47 Å². The molecule has 0 heterocycles. The number of hydrogen-bond acceptors (Lipinski definition) is 5. The zero-order valence-corrected chi connectivity index (χ0v) is 15.6. The average molecular weight is 376 g/mol. The summed E-state index contributed by atoms with van der Waals surface area (Å²) in [6.45, 7) is 0. The molecule has 142 valence electrons. The normalized spacial score (nSPS) is 11.1.